The lowest BCUT2D eigenvalue weighted by atomic mass is 9.89. The van der Waals surface area contributed by atoms with E-state index in [1.54, 1.807) is 13.8 Å². The highest BCUT2D eigenvalue weighted by atomic mass is 32.1. The molecule has 1 amide bonds. The molecular weight excluding hydrogens is 362 g/mol. The van der Waals surface area contributed by atoms with Gasteiger partial charge in [0.1, 0.15) is 4.88 Å². The summed E-state index contributed by atoms with van der Waals surface area (Å²) in [4.78, 5) is 31.1. The van der Waals surface area contributed by atoms with Crippen LogP contribution in [0.3, 0.4) is 0 Å². The highest BCUT2D eigenvalue weighted by Crippen LogP contribution is 2.28. The molecule has 1 N–H and O–H groups in total. The molecule has 6 nitrogen and oxygen atoms in total. The average Bonchev–Trinajstić information content (AvgIpc) is 3.03. The summed E-state index contributed by atoms with van der Waals surface area (Å²) in [5, 5.41) is 3.25. The second-order valence-corrected chi connectivity index (χ2v) is 7.66. The number of hydrogen-bond acceptors (Lipinski definition) is 6. The molecule has 0 spiro atoms. The van der Waals surface area contributed by atoms with Crippen molar-refractivity contribution in [2.24, 2.45) is 0 Å². The number of thiazole rings is 1. The number of benzene rings is 1. The number of esters is 1. The van der Waals surface area contributed by atoms with Gasteiger partial charge in [0.15, 0.2) is 5.13 Å². The van der Waals surface area contributed by atoms with Crippen molar-refractivity contribution in [1.29, 1.82) is 0 Å². The molecule has 1 aliphatic heterocycles. The van der Waals surface area contributed by atoms with E-state index in [4.69, 9.17) is 4.74 Å². The third-order valence-electron chi connectivity index (χ3n) is 4.73. The first kappa shape index (κ1) is 19.5. The Balaban J connectivity index is 1.49. The van der Waals surface area contributed by atoms with Crippen LogP contribution >= 0.6 is 11.3 Å². The van der Waals surface area contributed by atoms with Gasteiger partial charge >= 0.3 is 5.97 Å². The van der Waals surface area contributed by atoms with Gasteiger partial charge in [-0.15, -0.1) is 0 Å². The van der Waals surface area contributed by atoms with Crippen LogP contribution in [0, 0.1) is 6.92 Å². The maximum atomic E-state index is 12.3. The van der Waals surface area contributed by atoms with Gasteiger partial charge in [0.2, 0.25) is 5.91 Å². The maximum Gasteiger partial charge on any atom is 0.350 e. The summed E-state index contributed by atoms with van der Waals surface area (Å²) in [7, 11) is 0. The summed E-state index contributed by atoms with van der Waals surface area (Å²) in [6.45, 7) is 5.96. The van der Waals surface area contributed by atoms with Crippen LogP contribution in [0.25, 0.3) is 0 Å². The number of piperidine rings is 1. The molecule has 1 fully saturated rings. The number of amides is 1. The first-order valence-electron chi connectivity index (χ1n) is 9.28. The fourth-order valence-electron chi connectivity index (χ4n) is 3.35. The summed E-state index contributed by atoms with van der Waals surface area (Å²) in [6, 6.07) is 10.6. The van der Waals surface area contributed by atoms with Gasteiger partial charge in [-0.2, -0.15) is 0 Å². The third-order valence-corrected chi connectivity index (χ3v) is 5.78. The molecule has 0 unspecified atom stereocenters. The lowest BCUT2D eigenvalue weighted by Gasteiger charge is -2.31. The Morgan fingerprint density at radius 3 is 2.63 bits per heavy atom. The Hall–Kier alpha value is -2.25. The van der Waals surface area contributed by atoms with E-state index in [9.17, 15) is 9.59 Å². The van der Waals surface area contributed by atoms with Gasteiger partial charge in [0.25, 0.3) is 0 Å². The maximum absolute atomic E-state index is 12.3. The Kier molecular flexibility index (Phi) is 6.58. The fraction of sp³-hybridized carbons (Fsp3) is 0.450. The molecule has 0 saturated carbocycles. The van der Waals surface area contributed by atoms with Crippen molar-refractivity contribution in [2.75, 3.05) is 31.6 Å². The van der Waals surface area contributed by atoms with Crippen molar-refractivity contribution in [1.82, 2.24) is 9.88 Å². The normalized spacial score (nSPS) is 15.5. The molecule has 2 heterocycles. The highest BCUT2D eigenvalue weighted by molar-refractivity contribution is 7.17. The molecule has 1 aromatic carbocycles. The van der Waals surface area contributed by atoms with E-state index in [0.717, 1.165) is 37.3 Å². The van der Waals surface area contributed by atoms with Gasteiger partial charge in [-0.1, -0.05) is 41.7 Å². The number of aromatic nitrogens is 1. The molecule has 0 radical (unpaired) electrons. The number of likely N-dealkylation sites (tertiary alicyclic amines) is 1. The Morgan fingerprint density at radius 1 is 1.26 bits per heavy atom. The minimum absolute atomic E-state index is 0.0997. The zero-order valence-electron chi connectivity index (χ0n) is 15.7. The topological polar surface area (TPSA) is 71.5 Å². The number of nitrogens with one attached hydrogen (secondary N) is 1. The number of hydrogen-bond donors (Lipinski definition) is 1. The van der Waals surface area contributed by atoms with Crippen LogP contribution in [0.2, 0.25) is 0 Å². The molecule has 27 heavy (non-hydrogen) atoms. The largest absolute Gasteiger partial charge is 0.462 e. The van der Waals surface area contributed by atoms with Crippen LogP contribution in [0.15, 0.2) is 30.3 Å². The van der Waals surface area contributed by atoms with Crippen molar-refractivity contribution >= 4 is 28.3 Å². The standard InChI is InChI=1S/C20H25N3O3S/c1-3-26-19(25)18-14(2)21-20(27-18)22-17(24)13-23-11-9-16(10-12-23)15-7-5-4-6-8-15/h4-8,16H,3,9-13H2,1-2H3,(H,21,22,24). The minimum Gasteiger partial charge on any atom is -0.462 e. The molecule has 0 atom stereocenters. The van der Waals surface area contributed by atoms with Crippen LogP contribution < -0.4 is 5.32 Å². The number of aryl methyl sites for hydroxylation is 1. The van der Waals surface area contributed by atoms with Gasteiger partial charge in [-0.3, -0.25) is 9.69 Å². The number of carbonyl (C=O) groups excluding carboxylic acids is 2. The number of ether oxygens (including phenoxy) is 1. The highest BCUT2D eigenvalue weighted by Gasteiger charge is 2.23. The molecule has 7 heteroatoms. The summed E-state index contributed by atoms with van der Waals surface area (Å²) in [5.41, 5.74) is 1.96. The van der Waals surface area contributed by atoms with Gasteiger partial charge in [0, 0.05) is 0 Å². The Bertz CT molecular complexity index is 783. The summed E-state index contributed by atoms with van der Waals surface area (Å²) in [5.74, 6) is 0.0764. The molecule has 1 aliphatic rings. The predicted octanol–water partition coefficient (Wildman–Crippen LogP) is 3.45. The molecule has 0 aliphatic carbocycles. The number of nitrogens with zero attached hydrogens (tertiary/aromatic N) is 2. The Labute approximate surface area is 163 Å². The van der Waals surface area contributed by atoms with E-state index in [1.165, 1.54) is 5.56 Å². The molecule has 0 bridgehead atoms. The molecule has 2 aromatic rings. The van der Waals surface area contributed by atoms with E-state index in [1.807, 2.05) is 6.07 Å². The fourth-order valence-corrected chi connectivity index (χ4v) is 4.22. The second kappa shape index (κ2) is 9.10. The van der Waals surface area contributed by atoms with E-state index in [0.29, 0.717) is 34.8 Å². The smallest absolute Gasteiger partial charge is 0.350 e. The monoisotopic (exact) mass is 387 g/mol. The van der Waals surface area contributed by atoms with E-state index >= 15 is 0 Å². The van der Waals surface area contributed by atoms with Crippen molar-refractivity contribution in [3.05, 3.63) is 46.5 Å². The van der Waals surface area contributed by atoms with Gasteiger partial charge in [-0.05, 0) is 51.3 Å². The van der Waals surface area contributed by atoms with Crippen LogP contribution in [-0.4, -0.2) is 48.0 Å². The molecule has 1 aromatic heterocycles. The van der Waals surface area contributed by atoms with Crippen molar-refractivity contribution in [3.63, 3.8) is 0 Å². The van der Waals surface area contributed by atoms with Gasteiger partial charge in [-0.25, -0.2) is 9.78 Å². The quantitative estimate of drug-likeness (QED) is 0.769. The molecule has 1 saturated heterocycles. The van der Waals surface area contributed by atoms with Crippen LogP contribution in [-0.2, 0) is 9.53 Å². The van der Waals surface area contributed by atoms with Crippen LogP contribution in [0.5, 0.6) is 0 Å². The SMILES string of the molecule is CCOC(=O)c1sc(NC(=O)CN2CCC(c3ccccc3)CC2)nc1C. The lowest BCUT2D eigenvalue weighted by Crippen LogP contribution is -2.38. The minimum atomic E-state index is -0.393. The Morgan fingerprint density at radius 2 is 1.96 bits per heavy atom. The zero-order valence-corrected chi connectivity index (χ0v) is 16.6. The van der Waals surface area contributed by atoms with Crippen molar-refractivity contribution in [2.45, 2.75) is 32.6 Å². The van der Waals surface area contributed by atoms with Crippen molar-refractivity contribution < 1.29 is 14.3 Å². The van der Waals surface area contributed by atoms with Crippen LogP contribution in [0.4, 0.5) is 5.13 Å². The summed E-state index contributed by atoms with van der Waals surface area (Å²) >= 11 is 1.16. The molecule has 3 rings (SSSR count). The molecular formula is C20H25N3O3S. The predicted molar refractivity (Wildman–Crippen MR) is 106 cm³/mol. The van der Waals surface area contributed by atoms with E-state index in [-0.39, 0.29) is 5.91 Å². The first-order chi connectivity index (χ1) is 13.1. The van der Waals surface area contributed by atoms with Gasteiger partial charge in [0.05, 0.1) is 18.8 Å². The lowest BCUT2D eigenvalue weighted by molar-refractivity contribution is -0.117. The van der Waals surface area contributed by atoms with Crippen molar-refractivity contribution in [3.8, 4) is 0 Å². The van der Waals surface area contributed by atoms with Gasteiger partial charge < -0.3 is 10.1 Å². The zero-order chi connectivity index (χ0) is 19.2. The summed E-state index contributed by atoms with van der Waals surface area (Å²) < 4.78 is 5.01. The number of rotatable bonds is 6. The second-order valence-electron chi connectivity index (χ2n) is 6.66. The first-order valence-corrected chi connectivity index (χ1v) is 10.1. The van der Waals surface area contributed by atoms with E-state index in [2.05, 4.69) is 39.5 Å². The summed E-state index contributed by atoms with van der Waals surface area (Å²) in [6.07, 6.45) is 2.11. The molecule has 144 valence electrons. The number of anilines is 1. The third kappa shape index (κ3) is 5.14. The number of carbonyl (C=O) groups is 2. The average molecular weight is 388 g/mol. The van der Waals surface area contributed by atoms with Crippen LogP contribution in [0.1, 0.15) is 46.6 Å². The van der Waals surface area contributed by atoms with E-state index < -0.39 is 5.97 Å².